The number of rotatable bonds is 7. The number of likely N-dealkylation sites (tertiary alicyclic amines) is 1. The van der Waals surface area contributed by atoms with Crippen LogP contribution in [0.25, 0.3) is 0 Å². The number of carbonyl (C=O) groups excluding carboxylic acids is 1. The lowest BCUT2D eigenvalue weighted by Crippen LogP contribution is -2.40. The summed E-state index contributed by atoms with van der Waals surface area (Å²) < 4.78 is 5.72. The Kier molecular flexibility index (Phi) is 5.80. The van der Waals surface area contributed by atoms with E-state index in [0.29, 0.717) is 11.8 Å². The Morgan fingerprint density at radius 1 is 1.33 bits per heavy atom. The van der Waals surface area contributed by atoms with Crippen molar-refractivity contribution >= 4 is 6.41 Å². The van der Waals surface area contributed by atoms with Gasteiger partial charge in [0, 0.05) is 13.7 Å². The quantitative estimate of drug-likeness (QED) is 0.720. The molecule has 0 bridgehead atoms. The third kappa shape index (κ3) is 3.85. The number of ether oxygens (including phenoxy) is 1. The van der Waals surface area contributed by atoms with Gasteiger partial charge in [-0.3, -0.25) is 4.79 Å². The van der Waals surface area contributed by atoms with E-state index in [-0.39, 0.29) is 12.1 Å². The first-order chi connectivity index (χ1) is 10.2. The van der Waals surface area contributed by atoms with Crippen LogP contribution in [0.2, 0.25) is 0 Å². The fraction of sp³-hybridized carbons (Fsp3) is 0.611. The Labute approximate surface area is 128 Å². The topological polar surface area (TPSA) is 29.5 Å². The number of hydrogen-bond donors (Lipinski definition) is 0. The van der Waals surface area contributed by atoms with E-state index in [1.807, 2.05) is 4.90 Å². The molecule has 1 aliphatic rings. The van der Waals surface area contributed by atoms with Gasteiger partial charge in [0.05, 0.1) is 12.1 Å². The highest BCUT2D eigenvalue weighted by Crippen LogP contribution is 2.31. The highest BCUT2D eigenvalue weighted by molar-refractivity contribution is 5.48. The van der Waals surface area contributed by atoms with Gasteiger partial charge in [0.25, 0.3) is 0 Å². The zero-order chi connectivity index (χ0) is 15.2. The van der Waals surface area contributed by atoms with Gasteiger partial charge in [-0.1, -0.05) is 44.2 Å². The van der Waals surface area contributed by atoms with Crippen molar-refractivity contribution in [3.05, 3.63) is 35.9 Å². The van der Waals surface area contributed by atoms with E-state index in [4.69, 9.17) is 4.74 Å². The van der Waals surface area contributed by atoms with E-state index in [1.54, 1.807) is 7.11 Å². The molecule has 1 saturated heterocycles. The molecular weight excluding hydrogens is 262 g/mol. The molecule has 0 saturated carbocycles. The van der Waals surface area contributed by atoms with Gasteiger partial charge in [-0.25, -0.2) is 0 Å². The fourth-order valence-corrected chi connectivity index (χ4v) is 3.41. The molecule has 0 N–H and O–H groups in total. The van der Waals surface area contributed by atoms with Crippen molar-refractivity contribution in [3.63, 3.8) is 0 Å². The van der Waals surface area contributed by atoms with Crippen molar-refractivity contribution in [2.75, 3.05) is 13.7 Å². The molecule has 0 spiro atoms. The molecule has 1 fully saturated rings. The van der Waals surface area contributed by atoms with Gasteiger partial charge in [0.2, 0.25) is 6.41 Å². The lowest BCUT2D eigenvalue weighted by Gasteiger charge is -2.31. The lowest BCUT2D eigenvalue weighted by molar-refractivity contribution is -0.121. The van der Waals surface area contributed by atoms with Crippen molar-refractivity contribution in [2.24, 2.45) is 5.92 Å². The molecule has 21 heavy (non-hydrogen) atoms. The summed E-state index contributed by atoms with van der Waals surface area (Å²) >= 11 is 0. The molecule has 1 aromatic rings. The van der Waals surface area contributed by atoms with Gasteiger partial charge in [0.15, 0.2) is 0 Å². The number of hydrogen-bond acceptors (Lipinski definition) is 2. The molecule has 1 heterocycles. The van der Waals surface area contributed by atoms with E-state index >= 15 is 0 Å². The minimum Gasteiger partial charge on any atom is -0.379 e. The molecule has 1 aromatic carbocycles. The second-order valence-corrected chi connectivity index (χ2v) is 6.24. The maximum absolute atomic E-state index is 11.1. The monoisotopic (exact) mass is 289 g/mol. The summed E-state index contributed by atoms with van der Waals surface area (Å²) in [4.78, 5) is 13.1. The van der Waals surface area contributed by atoms with Crippen LogP contribution in [0.15, 0.2) is 30.3 Å². The zero-order valence-electron chi connectivity index (χ0n) is 13.4. The predicted octanol–water partition coefficient (Wildman–Crippen LogP) is 3.45. The summed E-state index contributed by atoms with van der Waals surface area (Å²) in [6.45, 7) is 5.43. The molecule has 3 unspecified atom stereocenters. The number of amides is 1. The fourth-order valence-electron chi connectivity index (χ4n) is 3.41. The number of benzene rings is 1. The molecule has 0 aliphatic carbocycles. The average molecular weight is 289 g/mol. The lowest BCUT2D eigenvalue weighted by atomic mass is 9.84. The third-order valence-corrected chi connectivity index (χ3v) is 4.99. The zero-order valence-corrected chi connectivity index (χ0v) is 13.4. The molecular formula is C18H27NO2. The van der Waals surface area contributed by atoms with Crippen LogP contribution < -0.4 is 0 Å². The third-order valence-electron chi connectivity index (χ3n) is 4.99. The van der Waals surface area contributed by atoms with E-state index in [9.17, 15) is 4.79 Å². The summed E-state index contributed by atoms with van der Waals surface area (Å²) in [5, 5.41) is 0. The van der Waals surface area contributed by atoms with E-state index in [0.717, 1.165) is 32.2 Å². The van der Waals surface area contributed by atoms with E-state index < -0.39 is 0 Å². The maximum atomic E-state index is 11.1. The molecule has 1 amide bonds. The van der Waals surface area contributed by atoms with Crippen LogP contribution in [0.3, 0.4) is 0 Å². The number of carbonyl (C=O) groups is 1. The molecule has 2 rings (SSSR count). The highest BCUT2D eigenvalue weighted by Gasteiger charge is 2.32. The minimum atomic E-state index is 0.138. The summed E-state index contributed by atoms with van der Waals surface area (Å²) in [5.41, 5.74) is 1.37. The highest BCUT2D eigenvalue weighted by atomic mass is 16.5. The molecule has 0 radical (unpaired) electrons. The predicted molar refractivity (Wildman–Crippen MR) is 85.2 cm³/mol. The molecule has 1 aliphatic heterocycles. The van der Waals surface area contributed by atoms with Crippen molar-refractivity contribution in [2.45, 2.75) is 51.2 Å². The summed E-state index contributed by atoms with van der Waals surface area (Å²) in [5.74, 6) is 1.02. The average Bonchev–Trinajstić information content (AvgIpc) is 3.00. The Morgan fingerprint density at radius 2 is 2.05 bits per heavy atom. The smallest absolute Gasteiger partial charge is 0.210 e. The van der Waals surface area contributed by atoms with Crippen LogP contribution in [0, 0.1) is 5.92 Å². The second-order valence-electron chi connectivity index (χ2n) is 6.24. The first-order valence-electron chi connectivity index (χ1n) is 7.96. The van der Waals surface area contributed by atoms with Crippen molar-refractivity contribution < 1.29 is 9.53 Å². The van der Waals surface area contributed by atoms with Gasteiger partial charge in [0.1, 0.15) is 0 Å². The van der Waals surface area contributed by atoms with Crippen molar-refractivity contribution in [3.8, 4) is 0 Å². The van der Waals surface area contributed by atoms with Crippen LogP contribution in [0.1, 0.15) is 44.6 Å². The van der Waals surface area contributed by atoms with Gasteiger partial charge in [-0.15, -0.1) is 0 Å². The summed E-state index contributed by atoms with van der Waals surface area (Å²) in [7, 11) is 1.77. The summed E-state index contributed by atoms with van der Waals surface area (Å²) in [6, 6.07) is 10.9. The van der Waals surface area contributed by atoms with Crippen LogP contribution >= 0.6 is 0 Å². The molecule has 3 nitrogen and oxygen atoms in total. The van der Waals surface area contributed by atoms with Crippen LogP contribution in [-0.2, 0) is 9.53 Å². The standard InChI is InChI=1S/C18H27NO2/c1-14(15(2)16-8-5-4-6-9-16)12-18(21-3)17-10-7-11-19(17)13-20/h4-6,8-9,13-15,17-18H,7,10-12H2,1-3H3/t14-,15?,17?,18?/m0/s1. The molecule has 4 atom stereocenters. The Hall–Kier alpha value is -1.35. The van der Waals surface area contributed by atoms with Gasteiger partial charge in [-0.2, -0.15) is 0 Å². The molecule has 3 heteroatoms. The maximum Gasteiger partial charge on any atom is 0.210 e. The Morgan fingerprint density at radius 3 is 2.67 bits per heavy atom. The van der Waals surface area contributed by atoms with E-state index in [1.165, 1.54) is 5.56 Å². The second kappa shape index (κ2) is 7.60. The number of methoxy groups -OCH3 is 1. The molecule has 0 aromatic heterocycles. The van der Waals surface area contributed by atoms with Crippen LogP contribution in [-0.4, -0.2) is 37.1 Å². The van der Waals surface area contributed by atoms with Gasteiger partial charge >= 0.3 is 0 Å². The van der Waals surface area contributed by atoms with Gasteiger partial charge in [-0.05, 0) is 36.7 Å². The largest absolute Gasteiger partial charge is 0.379 e. The van der Waals surface area contributed by atoms with Crippen molar-refractivity contribution in [1.82, 2.24) is 4.90 Å². The Bertz CT molecular complexity index is 434. The van der Waals surface area contributed by atoms with Crippen LogP contribution in [0.5, 0.6) is 0 Å². The normalized spacial score (nSPS) is 22.8. The first kappa shape index (κ1) is 16.0. The van der Waals surface area contributed by atoms with Gasteiger partial charge < -0.3 is 9.64 Å². The molecule has 116 valence electrons. The first-order valence-corrected chi connectivity index (χ1v) is 7.96. The number of nitrogens with zero attached hydrogens (tertiary/aromatic N) is 1. The minimum absolute atomic E-state index is 0.138. The van der Waals surface area contributed by atoms with E-state index in [2.05, 4.69) is 44.2 Å². The SMILES string of the molecule is COC(C[C@H](C)C(C)c1ccccc1)C1CCCN1C=O. The Balaban J connectivity index is 1.99. The summed E-state index contributed by atoms with van der Waals surface area (Å²) in [6.07, 6.45) is 4.26. The van der Waals surface area contributed by atoms with Crippen molar-refractivity contribution in [1.29, 1.82) is 0 Å². The van der Waals surface area contributed by atoms with Crippen LogP contribution in [0.4, 0.5) is 0 Å².